The second kappa shape index (κ2) is 9.30. The van der Waals surface area contributed by atoms with Crippen molar-refractivity contribution in [1.29, 1.82) is 0 Å². The average Bonchev–Trinajstić information content (AvgIpc) is 2.50. The summed E-state index contributed by atoms with van der Waals surface area (Å²) in [5.41, 5.74) is 0.598. The number of benzene rings is 1. The monoisotopic (exact) mass is 324 g/mol. The van der Waals surface area contributed by atoms with Crippen molar-refractivity contribution in [3.8, 4) is 0 Å². The molecule has 0 aliphatic carbocycles. The van der Waals surface area contributed by atoms with E-state index in [1.165, 1.54) is 0 Å². The second-order valence-electron chi connectivity index (χ2n) is 5.44. The maximum atomic E-state index is 11.9. The van der Waals surface area contributed by atoms with Crippen LogP contribution in [0.5, 0.6) is 0 Å². The molecule has 22 heavy (non-hydrogen) atoms. The first-order valence-electron chi connectivity index (χ1n) is 7.45. The number of nitrogens with zero attached hydrogens (tertiary/aromatic N) is 1. The normalized spacial score (nSPS) is 12.9. The van der Waals surface area contributed by atoms with Crippen molar-refractivity contribution in [3.63, 3.8) is 0 Å². The third-order valence-corrected chi connectivity index (χ3v) is 3.65. The Balaban J connectivity index is 2.32. The Morgan fingerprint density at radius 1 is 1.14 bits per heavy atom. The fourth-order valence-electron chi connectivity index (χ4n) is 1.64. The van der Waals surface area contributed by atoms with E-state index < -0.39 is 0 Å². The van der Waals surface area contributed by atoms with Crippen molar-refractivity contribution in [3.05, 3.63) is 34.9 Å². The lowest BCUT2D eigenvalue weighted by molar-refractivity contribution is 0.0954. The number of rotatable bonds is 6. The molecule has 0 saturated heterocycles. The Kier molecular flexibility index (Phi) is 7.74. The molecule has 0 aliphatic rings. The topological polar surface area (TPSA) is 65.5 Å². The molecule has 122 valence electrons. The average molecular weight is 325 g/mol. The third kappa shape index (κ3) is 6.35. The molecule has 5 nitrogen and oxygen atoms in total. The fourth-order valence-corrected chi connectivity index (χ4v) is 1.76. The van der Waals surface area contributed by atoms with Crippen LogP contribution < -0.4 is 16.0 Å². The van der Waals surface area contributed by atoms with Gasteiger partial charge in [0.15, 0.2) is 5.96 Å². The van der Waals surface area contributed by atoms with Crippen LogP contribution in [0, 0.1) is 5.92 Å². The summed E-state index contributed by atoms with van der Waals surface area (Å²) in [7, 11) is 1.73. The molecule has 0 heterocycles. The molecule has 0 fully saturated rings. The zero-order valence-corrected chi connectivity index (χ0v) is 14.4. The zero-order valence-electron chi connectivity index (χ0n) is 13.6. The summed E-state index contributed by atoms with van der Waals surface area (Å²) in [5, 5.41) is 9.94. The van der Waals surface area contributed by atoms with Gasteiger partial charge in [-0.15, -0.1) is 0 Å². The summed E-state index contributed by atoms with van der Waals surface area (Å²) in [6.07, 6.45) is 0. The quantitative estimate of drug-likeness (QED) is 0.427. The molecule has 1 unspecified atom stereocenters. The van der Waals surface area contributed by atoms with Gasteiger partial charge in [0.25, 0.3) is 5.91 Å². The van der Waals surface area contributed by atoms with Crippen LogP contribution in [-0.2, 0) is 0 Å². The Hall–Kier alpha value is -1.75. The van der Waals surface area contributed by atoms with Gasteiger partial charge in [0.1, 0.15) is 0 Å². The van der Waals surface area contributed by atoms with E-state index in [0.717, 1.165) is 5.96 Å². The smallest absolute Gasteiger partial charge is 0.251 e. The highest BCUT2D eigenvalue weighted by Crippen LogP contribution is 2.09. The van der Waals surface area contributed by atoms with Crippen LogP contribution in [0.4, 0.5) is 0 Å². The largest absolute Gasteiger partial charge is 0.355 e. The number of amides is 1. The van der Waals surface area contributed by atoms with Crippen molar-refractivity contribution >= 4 is 23.5 Å². The zero-order chi connectivity index (χ0) is 16.5. The van der Waals surface area contributed by atoms with Crippen LogP contribution >= 0.6 is 11.6 Å². The first-order chi connectivity index (χ1) is 10.4. The minimum atomic E-state index is -0.114. The third-order valence-electron chi connectivity index (χ3n) is 3.40. The van der Waals surface area contributed by atoms with Gasteiger partial charge in [-0.3, -0.25) is 9.79 Å². The molecule has 1 amide bonds. The summed E-state index contributed by atoms with van der Waals surface area (Å²) in [5.74, 6) is 1.14. The van der Waals surface area contributed by atoms with Gasteiger partial charge < -0.3 is 16.0 Å². The minimum absolute atomic E-state index is 0.114. The lowest BCUT2D eigenvalue weighted by atomic mass is 10.1. The molecule has 0 aliphatic heterocycles. The SMILES string of the molecule is CN=C(NCCNC(=O)c1ccc(Cl)cc1)NC(C)C(C)C. The molecule has 6 heteroatoms. The summed E-state index contributed by atoms with van der Waals surface area (Å²) in [4.78, 5) is 16.1. The van der Waals surface area contributed by atoms with Gasteiger partial charge >= 0.3 is 0 Å². The number of guanidine groups is 1. The Morgan fingerprint density at radius 3 is 2.27 bits per heavy atom. The van der Waals surface area contributed by atoms with Crippen molar-refractivity contribution < 1.29 is 4.79 Å². The Bertz CT molecular complexity index is 499. The molecular formula is C16H25ClN4O. The summed E-state index contributed by atoms with van der Waals surface area (Å²) in [6, 6.07) is 7.14. The lowest BCUT2D eigenvalue weighted by Crippen LogP contribution is -2.46. The molecule has 1 aromatic rings. The van der Waals surface area contributed by atoms with Crippen LogP contribution in [0.2, 0.25) is 5.02 Å². The van der Waals surface area contributed by atoms with Gasteiger partial charge in [-0.05, 0) is 37.1 Å². The van der Waals surface area contributed by atoms with E-state index in [9.17, 15) is 4.79 Å². The van der Waals surface area contributed by atoms with E-state index in [1.807, 2.05) is 0 Å². The minimum Gasteiger partial charge on any atom is -0.355 e. The number of hydrogen-bond donors (Lipinski definition) is 3. The number of carbonyl (C=O) groups excluding carboxylic acids is 1. The van der Waals surface area contributed by atoms with Crippen molar-refractivity contribution in [1.82, 2.24) is 16.0 Å². The summed E-state index contributed by atoms with van der Waals surface area (Å²) in [6.45, 7) is 7.52. The number of nitrogens with one attached hydrogen (secondary N) is 3. The standard InChI is InChI=1S/C16H25ClN4O/c1-11(2)12(3)21-16(18-4)20-10-9-19-15(22)13-5-7-14(17)8-6-13/h5-8,11-12H,9-10H2,1-4H3,(H,19,22)(H2,18,20,21). The number of hydrogen-bond acceptors (Lipinski definition) is 2. The van der Waals surface area contributed by atoms with Gasteiger partial charge in [-0.2, -0.15) is 0 Å². The molecule has 0 radical (unpaired) electrons. The van der Waals surface area contributed by atoms with Gasteiger partial charge in [0, 0.05) is 36.8 Å². The molecule has 1 rings (SSSR count). The van der Waals surface area contributed by atoms with Crippen LogP contribution in [0.25, 0.3) is 0 Å². The molecule has 0 spiro atoms. The first-order valence-corrected chi connectivity index (χ1v) is 7.82. The molecule has 0 saturated carbocycles. The van der Waals surface area contributed by atoms with Gasteiger partial charge in [0.2, 0.25) is 0 Å². The molecule has 0 bridgehead atoms. The Labute approximate surface area is 137 Å². The van der Waals surface area contributed by atoms with Crippen molar-refractivity contribution in [2.45, 2.75) is 26.8 Å². The molecule has 3 N–H and O–H groups in total. The predicted octanol–water partition coefficient (Wildman–Crippen LogP) is 2.28. The highest BCUT2D eigenvalue weighted by atomic mass is 35.5. The Morgan fingerprint density at radius 2 is 1.73 bits per heavy atom. The molecule has 1 atom stereocenters. The second-order valence-corrected chi connectivity index (χ2v) is 5.88. The van der Waals surface area contributed by atoms with Gasteiger partial charge in [-0.1, -0.05) is 25.4 Å². The maximum absolute atomic E-state index is 11.9. The molecule has 1 aromatic carbocycles. The number of aliphatic imine (C=N–C) groups is 1. The van der Waals surface area contributed by atoms with Crippen LogP contribution in [0.15, 0.2) is 29.3 Å². The van der Waals surface area contributed by atoms with Gasteiger partial charge in [-0.25, -0.2) is 0 Å². The van der Waals surface area contributed by atoms with Crippen LogP contribution in [-0.4, -0.2) is 38.0 Å². The van der Waals surface area contributed by atoms with Crippen molar-refractivity contribution in [2.24, 2.45) is 10.9 Å². The summed E-state index contributed by atoms with van der Waals surface area (Å²) < 4.78 is 0. The number of halogens is 1. The maximum Gasteiger partial charge on any atom is 0.251 e. The van der Waals surface area contributed by atoms with Gasteiger partial charge in [0.05, 0.1) is 0 Å². The fraction of sp³-hybridized carbons (Fsp3) is 0.500. The molecule has 0 aromatic heterocycles. The van der Waals surface area contributed by atoms with Crippen LogP contribution in [0.1, 0.15) is 31.1 Å². The first kappa shape index (κ1) is 18.3. The van der Waals surface area contributed by atoms with Crippen molar-refractivity contribution in [2.75, 3.05) is 20.1 Å². The van der Waals surface area contributed by atoms with Crippen LogP contribution in [0.3, 0.4) is 0 Å². The van der Waals surface area contributed by atoms with E-state index in [1.54, 1.807) is 31.3 Å². The lowest BCUT2D eigenvalue weighted by Gasteiger charge is -2.20. The van der Waals surface area contributed by atoms with E-state index >= 15 is 0 Å². The predicted molar refractivity (Wildman–Crippen MR) is 92.6 cm³/mol. The van der Waals surface area contributed by atoms with E-state index in [4.69, 9.17) is 11.6 Å². The highest BCUT2D eigenvalue weighted by Gasteiger charge is 2.09. The molecular weight excluding hydrogens is 300 g/mol. The van der Waals surface area contributed by atoms with E-state index in [-0.39, 0.29) is 5.91 Å². The summed E-state index contributed by atoms with van der Waals surface area (Å²) >= 11 is 5.80. The van der Waals surface area contributed by atoms with E-state index in [0.29, 0.717) is 35.6 Å². The number of carbonyl (C=O) groups is 1. The van der Waals surface area contributed by atoms with E-state index in [2.05, 4.69) is 41.7 Å². The highest BCUT2D eigenvalue weighted by molar-refractivity contribution is 6.30.